The maximum atomic E-state index is 5.35. The molecule has 10 aromatic rings. The third kappa shape index (κ3) is 5.15. The van der Waals surface area contributed by atoms with Crippen LogP contribution in [-0.4, -0.2) is 10.3 Å². The van der Waals surface area contributed by atoms with Crippen LogP contribution in [0.4, 0.5) is 0 Å². The molecule has 0 spiro atoms. The maximum Gasteiger partial charge on any atom is 0.0784 e. The summed E-state index contributed by atoms with van der Waals surface area (Å²) >= 11 is 0. The van der Waals surface area contributed by atoms with E-state index in [4.69, 9.17) is 4.99 Å². The highest BCUT2D eigenvalue weighted by molar-refractivity contribution is 6.35. The van der Waals surface area contributed by atoms with Crippen molar-refractivity contribution in [3.8, 4) is 16.8 Å². The molecule has 0 unspecified atom stereocenters. The van der Waals surface area contributed by atoms with Gasteiger partial charge >= 0.3 is 0 Å². The monoisotopic (exact) mass is 688 g/mol. The summed E-state index contributed by atoms with van der Waals surface area (Å²) in [5.74, 6) is 0. The summed E-state index contributed by atoms with van der Waals surface area (Å²) in [6.07, 6.45) is 0. The van der Waals surface area contributed by atoms with Gasteiger partial charge in [0.1, 0.15) is 0 Å². The summed E-state index contributed by atoms with van der Waals surface area (Å²) < 4.78 is 2.40. The Labute approximate surface area is 314 Å². The summed E-state index contributed by atoms with van der Waals surface area (Å²) in [4.78, 5) is 5.35. The number of hydrogen-bond acceptors (Lipinski definition) is 1. The Morgan fingerprint density at radius 2 is 1.04 bits per heavy atom. The largest absolute Gasteiger partial charge is 0.309 e. The summed E-state index contributed by atoms with van der Waals surface area (Å²) in [7, 11) is 0. The summed E-state index contributed by atoms with van der Waals surface area (Å²) in [6, 6.07) is 67.4. The van der Waals surface area contributed by atoms with Gasteiger partial charge in [0.25, 0.3) is 0 Å². The molecule has 0 saturated carbocycles. The van der Waals surface area contributed by atoms with Crippen LogP contribution in [0, 0.1) is 6.92 Å². The Balaban J connectivity index is 1.16. The zero-order valence-corrected chi connectivity index (χ0v) is 30.0. The Kier molecular flexibility index (Phi) is 7.56. The summed E-state index contributed by atoms with van der Waals surface area (Å²) in [6.45, 7) is 6.73. The van der Waals surface area contributed by atoms with Gasteiger partial charge in [-0.3, -0.25) is 0 Å². The van der Waals surface area contributed by atoms with Crippen molar-refractivity contribution in [1.82, 2.24) is 4.57 Å². The number of hydrogen-bond donors (Lipinski definition) is 0. The minimum atomic E-state index is 0.712. The van der Waals surface area contributed by atoms with Crippen LogP contribution in [0.25, 0.3) is 76.6 Å². The quantitative estimate of drug-likeness (QED) is 0.122. The molecule has 0 fully saturated rings. The molecule has 0 bridgehead atoms. The predicted molar refractivity (Wildman–Crippen MR) is 231 cm³/mol. The smallest absolute Gasteiger partial charge is 0.0784 e. The average Bonchev–Trinajstić information content (AvgIpc) is 3.58. The van der Waals surface area contributed by atoms with Gasteiger partial charge in [0, 0.05) is 38.5 Å². The number of aliphatic imine (C=N–C) groups is 1. The van der Waals surface area contributed by atoms with Gasteiger partial charge in [0.05, 0.1) is 22.4 Å². The zero-order valence-electron chi connectivity index (χ0n) is 30.0. The normalized spacial score (nSPS) is 12.0. The van der Waals surface area contributed by atoms with Gasteiger partial charge in [-0.1, -0.05) is 164 Å². The standard InChI is InChI=1S/C52H36N2/c1-34-16-6-7-23-41(34)52(39-21-14-20-38(32-39)36-17-4-3-5-18-36)53-35(2)37-19-15-22-40(33-37)54-48-29-13-12-28-47(48)51-49(54)31-30-46-44-26-9-8-24-42(44)43-25-10-11-27-45(43)50(46)51/h3-33H,2H2,1H3. The number of nitrogens with zero attached hydrogens (tertiary/aromatic N) is 2. The van der Waals surface area contributed by atoms with Crippen molar-refractivity contribution >= 4 is 65.5 Å². The predicted octanol–water partition coefficient (Wildman–Crippen LogP) is 13.7. The number of benzene rings is 9. The first kappa shape index (κ1) is 31.7. The first-order valence-corrected chi connectivity index (χ1v) is 18.5. The molecule has 0 aliphatic rings. The Morgan fingerprint density at radius 1 is 0.444 bits per heavy atom. The summed E-state index contributed by atoms with van der Waals surface area (Å²) in [5, 5.41) is 10.2. The Morgan fingerprint density at radius 3 is 1.81 bits per heavy atom. The third-order valence-electron chi connectivity index (χ3n) is 10.9. The van der Waals surface area contributed by atoms with Crippen molar-refractivity contribution in [2.24, 2.45) is 4.99 Å². The lowest BCUT2D eigenvalue weighted by atomic mass is 9.92. The average molecular weight is 689 g/mol. The minimum Gasteiger partial charge on any atom is -0.309 e. The Bertz CT molecular complexity index is 3090. The molecule has 1 aromatic heterocycles. The lowest BCUT2D eigenvalue weighted by molar-refractivity contribution is 1.18. The van der Waals surface area contributed by atoms with Gasteiger partial charge in [0.15, 0.2) is 0 Å². The first-order valence-electron chi connectivity index (χ1n) is 18.5. The number of aromatic nitrogens is 1. The van der Waals surface area contributed by atoms with Crippen LogP contribution < -0.4 is 0 Å². The van der Waals surface area contributed by atoms with Crippen LogP contribution in [0.1, 0.15) is 22.3 Å². The van der Waals surface area contributed by atoms with Gasteiger partial charge in [0.2, 0.25) is 0 Å². The molecular formula is C52H36N2. The fraction of sp³-hybridized carbons (Fsp3) is 0.0192. The van der Waals surface area contributed by atoms with Gasteiger partial charge in [-0.25, -0.2) is 4.99 Å². The fourth-order valence-corrected chi connectivity index (χ4v) is 8.35. The molecule has 54 heavy (non-hydrogen) atoms. The minimum absolute atomic E-state index is 0.712. The molecule has 10 rings (SSSR count). The second-order valence-corrected chi connectivity index (χ2v) is 14.0. The van der Waals surface area contributed by atoms with E-state index >= 15 is 0 Å². The van der Waals surface area contributed by atoms with Crippen molar-refractivity contribution in [1.29, 1.82) is 0 Å². The molecule has 0 aliphatic heterocycles. The van der Waals surface area contributed by atoms with E-state index in [1.54, 1.807) is 0 Å². The van der Waals surface area contributed by atoms with Crippen LogP contribution in [0.3, 0.4) is 0 Å². The van der Waals surface area contributed by atoms with Gasteiger partial charge in [-0.05, 0) is 80.9 Å². The van der Waals surface area contributed by atoms with Crippen molar-refractivity contribution in [3.05, 3.63) is 217 Å². The van der Waals surface area contributed by atoms with Crippen LogP contribution in [0.5, 0.6) is 0 Å². The van der Waals surface area contributed by atoms with E-state index in [1.165, 1.54) is 65.3 Å². The van der Waals surface area contributed by atoms with Crippen molar-refractivity contribution in [2.45, 2.75) is 6.92 Å². The highest BCUT2D eigenvalue weighted by Crippen LogP contribution is 2.43. The van der Waals surface area contributed by atoms with E-state index < -0.39 is 0 Å². The number of fused-ring (bicyclic) bond motifs is 10. The molecule has 1 heterocycles. The molecule has 0 aliphatic carbocycles. The van der Waals surface area contributed by atoms with Crippen LogP contribution in [-0.2, 0) is 0 Å². The van der Waals surface area contributed by atoms with Crippen LogP contribution >= 0.6 is 0 Å². The fourth-order valence-electron chi connectivity index (χ4n) is 8.35. The van der Waals surface area contributed by atoms with Gasteiger partial charge in [-0.2, -0.15) is 0 Å². The molecule has 9 aromatic carbocycles. The highest BCUT2D eigenvalue weighted by Gasteiger charge is 2.19. The molecule has 2 heteroatoms. The van der Waals surface area contributed by atoms with E-state index in [0.717, 1.165) is 33.7 Å². The van der Waals surface area contributed by atoms with Crippen molar-refractivity contribution in [3.63, 3.8) is 0 Å². The number of aryl methyl sites for hydroxylation is 1. The summed E-state index contributed by atoms with van der Waals surface area (Å²) in [5.41, 5.74) is 11.6. The Hall–Kier alpha value is -7.03. The van der Waals surface area contributed by atoms with Gasteiger partial charge < -0.3 is 4.57 Å². The molecule has 2 nitrogen and oxygen atoms in total. The van der Waals surface area contributed by atoms with Gasteiger partial charge in [-0.15, -0.1) is 0 Å². The highest BCUT2D eigenvalue weighted by atomic mass is 15.0. The second-order valence-electron chi connectivity index (χ2n) is 14.0. The van der Waals surface area contributed by atoms with E-state index in [9.17, 15) is 0 Å². The lowest BCUT2D eigenvalue weighted by Gasteiger charge is -2.14. The topological polar surface area (TPSA) is 17.3 Å². The van der Waals surface area contributed by atoms with Crippen LogP contribution in [0.15, 0.2) is 200 Å². The van der Waals surface area contributed by atoms with Crippen molar-refractivity contribution < 1.29 is 0 Å². The third-order valence-corrected chi connectivity index (χ3v) is 10.9. The SMILES string of the molecule is C=C(N=C(c1cccc(-c2ccccc2)c1)c1ccccc1C)c1cccc(-n2c3ccccc3c3c4c5ccccc5c5ccccc5c4ccc32)c1. The zero-order chi connectivity index (χ0) is 36.2. The van der Waals surface area contributed by atoms with Crippen molar-refractivity contribution in [2.75, 3.05) is 0 Å². The molecule has 0 atom stereocenters. The number of rotatable bonds is 6. The van der Waals surface area contributed by atoms with Crippen LogP contribution in [0.2, 0.25) is 0 Å². The molecule has 0 saturated heterocycles. The second kappa shape index (κ2) is 12.9. The lowest BCUT2D eigenvalue weighted by Crippen LogP contribution is -2.06. The van der Waals surface area contributed by atoms with E-state index in [2.05, 4.69) is 206 Å². The first-order chi connectivity index (χ1) is 26.6. The number of para-hydroxylation sites is 1. The molecule has 0 N–H and O–H groups in total. The molecule has 0 radical (unpaired) electrons. The maximum absolute atomic E-state index is 5.35. The molecule has 0 amide bonds. The van der Waals surface area contributed by atoms with E-state index in [-0.39, 0.29) is 0 Å². The van der Waals surface area contributed by atoms with E-state index in [0.29, 0.717) is 5.70 Å². The van der Waals surface area contributed by atoms with E-state index in [1.807, 2.05) is 0 Å². The molecular weight excluding hydrogens is 653 g/mol. The molecule has 254 valence electrons.